The summed E-state index contributed by atoms with van der Waals surface area (Å²) in [5.74, 6) is 0.348. The van der Waals surface area contributed by atoms with Gasteiger partial charge in [-0.3, -0.25) is 4.98 Å². The minimum absolute atomic E-state index is 0.193. The lowest BCUT2D eigenvalue weighted by atomic mass is 9.89. The number of ether oxygens (including phenoxy) is 4. The van der Waals surface area contributed by atoms with Crippen molar-refractivity contribution in [1.29, 1.82) is 0 Å². The third-order valence-corrected chi connectivity index (χ3v) is 6.61. The van der Waals surface area contributed by atoms with Gasteiger partial charge >= 0.3 is 6.16 Å². The second kappa shape index (κ2) is 9.65. The zero-order valence-electron chi connectivity index (χ0n) is 20.2. The molecule has 1 aliphatic heterocycles. The largest absolute Gasteiger partial charge is 0.513 e. The minimum atomic E-state index is -0.716. The van der Waals surface area contributed by atoms with Gasteiger partial charge < -0.3 is 18.9 Å². The lowest BCUT2D eigenvalue weighted by Gasteiger charge is -2.30. The van der Waals surface area contributed by atoms with Gasteiger partial charge in [0.05, 0.1) is 26.0 Å². The van der Waals surface area contributed by atoms with Gasteiger partial charge in [0.1, 0.15) is 5.75 Å². The predicted molar refractivity (Wildman–Crippen MR) is 127 cm³/mol. The Balaban J connectivity index is 1.59. The molecule has 1 aromatic heterocycles. The molecule has 0 N–H and O–H groups in total. The van der Waals surface area contributed by atoms with Crippen molar-refractivity contribution in [3.63, 3.8) is 0 Å². The van der Waals surface area contributed by atoms with Gasteiger partial charge in [0, 0.05) is 36.1 Å². The van der Waals surface area contributed by atoms with Crippen LogP contribution in [-0.2, 0) is 20.6 Å². The maximum Gasteiger partial charge on any atom is 0.513 e. The van der Waals surface area contributed by atoms with Gasteiger partial charge in [0.15, 0.2) is 5.79 Å². The molecule has 6 nitrogen and oxygen atoms in total. The number of aryl methyl sites for hydroxylation is 1. The molecule has 1 fully saturated rings. The summed E-state index contributed by atoms with van der Waals surface area (Å²) in [5.41, 5.74) is 7.27. The molecule has 1 spiro atoms. The van der Waals surface area contributed by atoms with Gasteiger partial charge in [-0.05, 0) is 42.9 Å². The van der Waals surface area contributed by atoms with Crippen molar-refractivity contribution in [3.8, 4) is 5.75 Å². The molecule has 0 amide bonds. The first kappa shape index (κ1) is 23.5. The van der Waals surface area contributed by atoms with Crippen LogP contribution >= 0.6 is 0 Å². The lowest BCUT2D eigenvalue weighted by Crippen LogP contribution is -2.31. The van der Waals surface area contributed by atoms with Crippen molar-refractivity contribution < 1.29 is 23.7 Å². The lowest BCUT2D eigenvalue weighted by molar-refractivity contribution is -0.159. The Morgan fingerprint density at radius 1 is 1.15 bits per heavy atom. The second-order valence-corrected chi connectivity index (χ2v) is 9.14. The van der Waals surface area contributed by atoms with Crippen molar-refractivity contribution >= 4 is 11.7 Å². The van der Waals surface area contributed by atoms with E-state index in [9.17, 15) is 4.79 Å². The van der Waals surface area contributed by atoms with E-state index in [1.165, 1.54) is 18.2 Å². The summed E-state index contributed by atoms with van der Waals surface area (Å²) in [5, 5.41) is 0. The van der Waals surface area contributed by atoms with Crippen LogP contribution in [0.15, 0.2) is 30.3 Å². The number of hydrogen-bond acceptors (Lipinski definition) is 6. The summed E-state index contributed by atoms with van der Waals surface area (Å²) in [7, 11) is 1.32. The average molecular weight is 452 g/mol. The van der Waals surface area contributed by atoms with E-state index in [0.717, 1.165) is 47.3 Å². The predicted octanol–water partition coefficient (Wildman–Crippen LogP) is 5.87. The third-order valence-electron chi connectivity index (χ3n) is 6.61. The van der Waals surface area contributed by atoms with E-state index in [1.54, 1.807) is 0 Å². The SMILES string of the molecule is COC(=O)Oc1c(C)c(C)nc(C(C)C)c1Cc1ccc(C2=CCC3(CC2)OCCO3)cc1. The van der Waals surface area contributed by atoms with Crippen LogP contribution in [0, 0.1) is 13.8 Å². The maximum atomic E-state index is 12.0. The van der Waals surface area contributed by atoms with Crippen LogP contribution in [0.4, 0.5) is 4.79 Å². The van der Waals surface area contributed by atoms with E-state index in [-0.39, 0.29) is 5.92 Å². The highest BCUT2D eigenvalue weighted by molar-refractivity contribution is 5.68. The Morgan fingerprint density at radius 2 is 1.85 bits per heavy atom. The molecule has 0 atom stereocenters. The fourth-order valence-electron chi connectivity index (χ4n) is 4.62. The Hall–Kier alpha value is -2.70. The molecule has 6 heteroatoms. The number of carbonyl (C=O) groups excluding carboxylic acids is 1. The zero-order valence-corrected chi connectivity index (χ0v) is 20.2. The molecule has 1 aromatic carbocycles. The molecule has 0 unspecified atom stereocenters. The van der Waals surface area contributed by atoms with Gasteiger partial charge in [-0.2, -0.15) is 0 Å². The van der Waals surface area contributed by atoms with Gasteiger partial charge in [0.25, 0.3) is 0 Å². The van der Waals surface area contributed by atoms with Gasteiger partial charge in [-0.15, -0.1) is 0 Å². The topological polar surface area (TPSA) is 66.9 Å². The second-order valence-electron chi connectivity index (χ2n) is 9.14. The number of allylic oxidation sites excluding steroid dienone is 1. The van der Waals surface area contributed by atoms with Gasteiger partial charge in [0.2, 0.25) is 0 Å². The van der Waals surface area contributed by atoms with Crippen LogP contribution < -0.4 is 4.74 Å². The normalized spacial score (nSPS) is 17.3. The fraction of sp³-hybridized carbons (Fsp3) is 0.481. The molecule has 33 heavy (non-hydrogen) atoms. The van der Waals surface area contributed by atoms with Crippen molar-refractivity contribution in [3.05, 3.63) is 64.0 Å². The number of hydrogen-bond donors (Lipinski definition) is 0. The zero-order chi connectivity index (χ0) is 23.6. The van der Waals surface area contributed by atoms with E-state index < -0.39 is 11.9 Å². The smallest absolute Gasteiger partial charge is 0.437 e. The Kier molecular flexibility index (Phi) is 6.86. The van der Waals surface area contributed by atoms with E-state index in [0.29, 0.717) is 25.4 Å². The van der Waals surface area contributed by atoms with Crippen LogP contribution in [0.5, 0.6) is 5.75 Å². The Labute approximate surface area is 195 Å². The number of aromatic nitrogens is 1. The average Bonchev–Trinajstić information content (AvgIpc) is 3.27. The third kappa shape index (κ3) is 4.97. The monoisotopic (exact) mass is 451 g/mol. The number of pyridine rings is 1. The fourth-order valence-corrected chi connectivity index (χ4v) is 4.62. The highest BCUT2D eigenvalue weighted by Gasteiger charge is 2.37. The first-order chi connectivity index (χ1) is 15.8. The van der Waals surface area contributed by atoms with Crippen LogP contribution in [0.3, 0.4) is 0 Å². The van der Waals surface area contributed by atoms with Crippen molar-refractivity contribution in [1.82, 2.24) is 4.98 Å². The summed E-state index contributed by atoms with van der Waals surface area (Å²) in [6.45, 7) is 9.44. The van der Waals surface area contributed by atoms with Crippen LogP contribution in [0.2, 0.25) is 0 Å². The van der Waals surface area contributed by atoms with Crippen LogP contribution in [0.1, 0.15) is 72.7 Å². The molecule has 1 aliphatic carbocycles. The molecule has 1 saturated heterocycles. The number of nitrogens with zero attached hydrogens (tertiary/aromatic N) is 1. The molecule has 2 aromatic rings. The highest BCUT2D eigenvalue weighted by Crippen LogP contribution is 2.39. The standard InChI is InChI=1S/C27H33NO5/c1-17(2)24-23(25(33-26(29)30-5)18(3)19(4)28-24)16-20-6-8-21(9-7-20)22-10-12-27(13-11-22)31-14-15-32-27/h6-10,17H,11-16H2,1-5H3. The van der Waals surface area contributed by atoms with Crippen LogP contribution in [-0.4, -0.2) is 37.3 Å². The summed E-state index contributed by atoms with van der Waals surface area (Å²) in [4.78, 5) is 16.8. The molecule has 176 valence electrons. The molecule has 0 saturated carbocycles. The van der Waals surface area contributed by atoms with Crippen LogP contribution in [0.25, 0.3) is 5.57 Å². The Morgan fingerprint density at radius 3 is 2.42 bits per heavy atom. The maximum absolute atomic E-state index is 12.0. The number of methoxy groups -OCH3 is 1. The van der Waals surface area contributed by atoms with E-state index in [4.69, 9.17) is 23.9 Å². The first-order valence-electron chi connectivity index (χ1n) is 11.6. The molecular formula is C27H33NO5. The summed E-state index contributed by atoms with van der Waals surface area (Å²) >= 11 is 0. The number of rotatable bonds is 5. The van der Waals surface area contributed by atoms with E-state index in [1.807, 2.05) is 13.8 Å². The van der Waals surface area contributed by atoms with Crippen molar-refractivity contribution in [2.45, 2.75) is 65.1 Å². The summed E-state index contributed by atoms with van der Waals surface area (Å²) in [6, 6.07) is 8.62. The molecule has 2 aliphatic rings. The van der Waals surface area contributed by atoms with E-state index >= 15 is 0 Å². The minimum Gasteiger partial charge on any atom is -0.437 e. The van der Waals surface area contributed by atoms with Gasteiger partial charge in [-0.25, -0.2) is 4.79 Å². The van der Waals surface area contributed by atoms with Crippen molar-refractivity contribution in [2.75, 3.05) is 20.3 Å². The molecular weight excluding hydrogens is 418 g/mol. The van der Waals surface area contributed by atoms with E-state index in [2.05, 4.69) is 44.2 Å². The highest BCUT2D eigenvalue weighted by atomic mass is 16.7. The van der Waals surface area contributed by atoms with Crippen molar-refractivity contribution in [2.24, 2.45) is 0 Å². The summed E-state index contributed by atoms with van der Waals surface area (Å²) < 4.78 is 22.0. The molecule has 0 bridgehead atoms. The quantitative estimate of drug-likeness (QED) is 0.530. The number of benzene rings is 1. The molecule has 2 heterocycles. The first-order valence-corrected chi connectivity index (χ1v) is 11.6. The molecule has 0 radical (unpaired) electrons. The number of carbonyl (C=O) groups is 1. The summed E-state index contributed by atoms with van der Waals surface area (Å²) in [6.07, 6.45) is 4.78. The molecule has 4 rings (SSSR count). The Bertz CT molecular complexity index is 1050. The van der Waals surface area contributed by atoms with Gasteiger partial charge in [-0.1, -0.05) is 44.2 Å².